The van der Waals surface area contributed by atoms with Gasteiger partial charge in [0.2, 0.25) is 0 Å². The van der Waals surface area contributed by atoms with E-state index in [1.54, 1.807) is 0 Å². The van der Waals surface area contributed by atoms with Gasteiger partial charge in [-0.1, -0.05) is 0 Å². The van der Waals surface area contributed by atoms with Crippen LogP contribution in [0.15, 0.2) is 0 Å². The molecule has 1 unspecified atom stereocenters. The van der Waals surface area contributed by atoms with Crippen molar-refractivity contribution in [1.29, 1.82) is 0 Å². The van der Waals surface area contributed by atoms with Gasteiger partial charge in [0, 0.05) is 33.3 Å². The van der Waals surface area contributed by atoms with E-state index < -0.39 is 22.1 Å². The highest BCUT2D eigenvalue weighted by molar-refractivity contribution is 7.86. The normalized spacial score (nSPS) is 24.4. The molecule has 1 aliphatic carbocycles. The predicted molar refractivity (Wildman–Crippen MR) is 77.0 cm³/mol. The standard InChI is InChI=1S/C13H24N2O5S/c1-14(7-8-20-10-11-4-5-11)21(18,19)15-6-2-3-12(9-15)13(16)17/h11-12H,2-10H2,1H3,(H,16,17). The maximum Gasteiger partial charge on any atom is 0.307 e. The Morgan fingerprint density at radius 3 is 2.71 bits per heavy atom. The highest BCUT2D eigenvalue weighted by Gasteiger charge is 2.34. The number of carboxylic acid groups (broad SMARTS) is 1. The molecule has 0 aromatic heterocycles. The summed E-state index contributed by atoms with van der Waals surface area (Å²) in [6.45, 7) is 1.83. The molecule has 8 heteroatoms. The summed E-state index contributed by atoms with van der Waals surface area (Å²) < 4.78 is 32.8. The highest BCUT2D eigenvalue weighted by atomic mass is 32.2. The molecule has 0 aromatic rings. The molecule has 1 heterocycles. The van der Waals surface area contributed by atoms with E-state index in [4.69, 9.17) is 9.84 Å². The number of ether oxygens (including phenoxy) is 1. The van der Waals surface area contributed by atoms with Crippen LogP contribution in [0.1, 0.15) is 25.7 Å². The summed E-state index contributed by atoms with van der Waals surface area (Å²) >= 11 is 0. The minimum Gasteiger partial charge on any atom is -0.481 e. The topological polar surface area (TPSA) is 87.2 Å². The van der Waals surface area contributed by atoms with Gasteiger partial charge in [0.1, 0.15) is 0 Å². The van der Waals surface area contributed by atoms with Crippen LogP contribution in [0, 0.1) is 11.8 Å². The van der Waals surface area contributed by atoms with Crippen LogP contribution in [0.3, 0.4) is 0 Å². The Bertz CT molecular complexity index is 463. The van der Waals surface area contributed by atoms with E-state index in [1.165, 1.54) is 28.5 Å². The van der Waals surface area contributed by atoms with E-state index in [0.717, 1.165) is 0 Å². The Morgan fingerprint density at radius 2 is 2.10 bits per heavy atom. The van der Waals surface area contributed by atoms with Crippen molar-refractivity contribution in [3.63, 3.8) is 0 Å². The third-order valence-corrected chi connectivity index (χ3v) is 6.01. The quantitative estimate of drug-likeness (QED) is 0.654. The number of carbonyl (C=O) groups is 1. The molecule has 21 heavy (non-hydrogen) atoms. The molecule has 1 aliphatic heterocycles. The zero-order chi connectivity index (χ0) is 15.5. The van der Waals surface area contributed by atoms with E-state index in [-0.39, 0.29) is 6.54 Å². The Balaban J connectivity index is 1.81. The van der Waals surface area contributed by atoms with Gasteiger partial charge in [0.05, 0.1) is 12.5 Å². The first-order chi connectivity index (χ1) is 9.91. The second-order valence-electron chi connectivity index (χ2n) is 5.88. The van der Waals surface area contributed by atoms with Crippen LogP contribution in [0.2, 0.25) is 0 Å². The molecule has 1 atom stereocenters. The smallest absolute Gasteiger partial charge is 0.307 e. The number of hydrogen-bond donors (Lipinski definition) is 1. The maximum absolute atomic E-state index is 12.4. The molecule has 0 aromatic carbocycles. The maximum atomic E-state index is 12.4. The zero-order valence-corrected chi connectivity index (χ0v) is 13.2. The third kappa shape index (κ3) is 4.64. The van der Waals surface area contributed by atoms with Crippen LogP contribution in [0.5, 0.6) is 0 Å². The predicted octanol–water partition coefficient (Wildman–Crippen LogP) is 0.386. The van der Waals surface area contributed by atoms with Crippen LogP contribution in [-0.2, 0) is 19.7 Å². The van der Waals surface area contributed by atoms with Crippen LogP contribution in [0.25, 0.3) is 0 Å². The highest BCUT2D eigenvalue weighted by Crippen LogP contribution is 2.28. The van der Waals surface area contributed by atoms with Gasteiger partial charge in [-0.2, -0.15) is 17.0 Å². The molecular weight excluding hydrogens is 296 g/mol. The summed E-state index contributed by atoms with van der Waals surface area (Å²) in [5.41, 5.74) is 0. The van der Waals surface area contributed by atoms with Gasteiger partial charge in [0.15, 0.2) is 0 Å². The molecule has 0 spiro atoms. The second-order valence-corrected chi connectivity index (χ2v) is 7.92. The number of piperidine rings is 1. The Labute approximate surface area is 126 Å². The average Bonchev–Trinajstić information content (AvgIpc) is 3.27. The van der Waals surface area contributed by atoms with Gasteiger partial charge < -0.3 is 9.84 Å². The molecule has 0 radical (unpaired) electrons. The molecule has 0 amide bonds. The molecular formula is C13H24N2O5S. The van der Waals surface area contributed by atoms with Crippen LogP contribution in [-0.4, -0.2) is 68.0 Å². The van der Waals surface area contributed by atoms with Gasteiger partial charge in [-0.25, -0.2) is 0 Å². The van der Waals surface area contributed by atoms with Crippen molar-refractivity contribution < 1.29 is 23.1 Å². The lowest BCUT2D eigenvalue weighted by molar-refractivity contribution is -0.142. The van der Waals surface area contributed by atoms with Crippen molar-refractivity contribution in [3.05, 3.63) is 0 Å². The number of hydrogen-bond acceptors (Lipinski definition) is 4. The summed E-state index contributed by atoms with van der Waals surface area (Å²) in [6.07, 6.45) is 3.54. The van der Waals surface area contributed by atoms with E-state index >= 15 is 0 Å². The average molecular weight is 320 g/mol. The summed E-state index contributed by atoms with van der Waals surface area (Å²) in [5.74, 6) is -0.872. The van der Waals surface area contributed by atoms with Crippen molar-refractivity contribution >= 4 is 16.2 Å². The van der Waals surface area contributed by atoms with Gasteiger partial charge in [-0.3, -0.25) is 4.79 Å². The van der Waals surface area contributed by atoms with E-state index in [9.17, 15) is 13.2 Å². The van der Waals surface area contributed by atoms with Crippen molar-refractivity contribution in [1.82, 2.24) is 8.61 Å². The Hall–Kier alpha value is -0.700. The van der Waals surface area contributed by atoms with E-state index in [2.05, 4.69) is 0 Å². The van der Waals surface area contributed by atoms with Crippen molar-refractivity contribution in [3.8, 4) is 0 Å². The number of aliphatic carboxylic acids is 1. The van der Waals surface area contributed by atoms with Gasteiger partial charge >= 0.3 is 5.97 Å². The molecule has 1 saturated carbocycles. The Morgan fingerprint density at radius 1 is 1.38 bits per heavy atom. The first kappa shape index (κ1) is 16.7. The van der Waals surface area contributed by atoms with Gasteiger partial charge in [-0.05, 0) is 31.6 Å². The monoisotopic (exact) mass is 320 g/mol. The van der Waals surface area contributed by atoms with Gasteiger partial charge in [0.25, 0.3) is 10.2 Å². The number of carboxylic acids is 1. The first-order valence-electron chi connectivity index (χ1n) is 7.43. The fraction of sp³-hybridized carbons (Fsp3) is 0.923. The third-order valence-electron chi connectivity index (χ3n) is 4.05. The zero-order valence-electron chi connectivity index (χ0n) is 12.4. The number of likely N-dealkylation sites (N-methyl/N-ethyl adjacent to an activating group) is 1. The van der Waals surface area contributed by atoms with Crippen LogP contribution in [0.4, 0.5) is 0 Å². The molecule has 7 nitrogen and oxygen atoms in total. The van der Waals surface area contributed by atoms with Crippen molar-refractivity contribution in [2.45, 2.75) is 25.7 Å². The molecule has 122 valence electrons. The summed E-state index contributed by atoms with van der Waals surface area (Å²) in [5, 5.41) is 9.04. The lowest BCUT2D eigenvalue weighted by atomic mass is 10.0. The van der Waals surface area contributed by atoms with Gasteiger partial charge in [-0.15, -0.1) is 0 Å². The SMILES string of the molecule is CN(CCOCC1CC1)S(=O)(=O)N1CCCC(C(=O)O)C1. The number of nitrogens with zero attached hydrogens (tertiary/aromatic N) is 2. The molecule has 2 rings (SSSR count). The first-order valence-corrected chi connectivity index (χ1v) is 8.83. The molecule has 0 bridgehead atoms. The van der Waals surface area contributed by atoms with E-state index in [1.807, 2.05) is 0 Å². The molecule has 2 aliphatic rings. The summed E-state index contributed by atoms with van der Waals surface area (Å²) in [4.78, 5) is 11.0. The fourth-order valence-corrected chi connectivity index (χ4v) is 3.82. The molecule has 1 saturated heterocycles. The summed E-state index contributed by atoms with van der Waals surface area (Å²) in [7, 11) is -2.08. The minimum absolute atomic E-state index is 0.0605. The van der Waals surface area contributed by atoms with Crippen molar-refractivity contribution in [2.75, 3.05) is 39.9 Å². The summed E-state index contributed by atoms with van der Waals surface area (Å²) in [6, 6.07) is 0. The lowest BCUT2D eigenvalue weighted by Gasteiger charge is -2.32. The van der Waals surface area contributed by atoms with Crippen LogP contribution < -0.4 is 0 Å². The Kier molecular flexibility index (Phi) is 5.59. The number of rotatable bonds is 8. The second kappa shape index (κ2) is 7.04. The molecule has 1 N–H and O–H groups in total. The minimum atomic E-state index is -3.59. The van der Waals surface area contributed by atoms with Crippen molar-refractivity contribution in [2.24, 2.45) is 11.8 Å². The lowest BCUT2D eigenvalue weighted by Crippen LogP contribution is -2.48. The molecule has 2 fully saturated rings. The van der Waals surface area contributed by atoms with Crippen LogP contribution >= 0.6 is 0 Å². The van der Waals surface area contributed by atoms with E-state index in [0.29, 0.717) is 45.1 Å². The fourth-order valence-electron chi connectivity index (χ4n) is 2.39. The largest absolute Gasteiger partial charge is 0.481 e.